The average molecular weight is 487 g/mol. The van der Waals surface area contributed by atoms with Gasteiger partial charge >= 0.3 is 6.18 Å². The lowest BCUT2D eigenvalue weighted by atomic mass is 10.0. The van der Waals surface area contributed by atoms with Gasteiger partial charge in [-0.3, -0.25) is 4.79 Å². The SMILES string of the molecule is COc1cc(C(=O)N2CCOCC2)ccc1Nc1ncc2c(n1)-c1c(C)cc(C(F)(F)F)n1CC2. The van der Waals surface area contributed by atoms with Crippen LogP contribution in [0.3, 0.4) is 0 Å². The molecule has 0 unspecified atom stereocenters. The number of fused-ring (bicyclic) bond motifs is 3. The van der Waals surface area contributed by atoms with Gasteiger partial charge in [-0.2, -0.15) is 13.2 Å². The zero-order chi connectivity index (χ0) is 24.7. The lowest BCUT2D eigenvalue weighted by Crippen LogP contribution is -2.40. The Hall–Kier alpha value is -3.60. The Morgan fingerprint density at radius 1 is 1.17 bits per heavy atom. The minimum Gasteiger partial charge on any atom is -0.495 e. The molecule has 2 aliphatic heterocycles. The van der Waals surface area contributed by atoms with Crippen LogP contribution in [0, 0.1) is 6.92 Å². The van der Waals surface area contributed by atoms with Crippen molar-refractivity contribution in [1.29, 1.82) is 0 Å². The number of rotatable bonds is 4. The van der Waals surface area contributed by atoms with Crippen molar-refractivity contribution in [2.75, 3.05) is 38.7 Å². The Bertz CT molecular complexity index is 1280. The minimum absolute atomic E-state index is 0.111. The molecule has 3 aromatic rings. The molecule has 0 spiro atoms. The fourth-order valence-electron chi connectivity index (χ4n) is 4.55. The monoisotopic (exact) mass is 487 g/mol. The third kappa shape index (κ3) is 4.31. The number of carbonyl (C=O) groups is 1. The second-order valence-corrected chi connectivity index (χ2v) is 8.47. The van der Waals surface area contributed by atoms with E-state index in [0.29, 0.717) is 66.7 Å². The maximum absolute atomic E-state index is 13.5. The van der Waals surface area contributed by atoms with E-state index in [2.05, 4.69) is 15.3 Å². The summed E-state index contributed by atoms with van der Waals surface area (Å²) in [7, 11) is 1.49. The van der Waals surface area contributed by atoms with Crippen molar-refractivity contribution < 1.29 is 27.4 Å². The summed E-state index contributed by atoms with van der Waals surface area (Å²) in [6.07, 6.45) is -2.40. The van der Waals surface area contributed by atoms with Crippen LogP contribution in [0.1, 0.15) is 27.2 Å². The highest BCUT2D eigenvalue weighted by Crippen LogP contribution is 2.40. The molecule has 1 fully saturated rings. The molecule has 4 heterocycles. The first-order valence-corrected chi connectivity index (χ1v) is 11.2. The normalized spacial score (nSPS) is 15.4. The molecule has 0 radical (unpaired) electrons. The van der Waals surface area contributed by atoms with Crippen molar-refractivity contribution in [1.82, 2.24) is 19.4 Å². The Balaban J connectivity index is 1.44. The topological polar surface area (TPSA) is 81.5 Å². The van der Waals surface area contributed by atoms with Gasteiger partial charge in [0, 0.05) is 37.0 Å². The first-order valence-electron chi connectivity index (χ1n) is 11.2. The second-order valence-electron chi connectivity index (χ2n) is 8.47. The number of aromatic nitrogens is 3. The molecular formula is C24H24F3N5O3. The smallest absolute Gasteiger partial charge is 0.431 e. The second kappa shape index (κ2) is 8.88. The van der Waals surface area contributed by atoms with Crippen LogP contribution in [0.2, 0.25) is 0 Å². The molecule has 1 aromatic carbocycles. The summed E-state index contributed by atoms with van der Waals surface area (Å²) in [6.45, 7) is 3.94. The summed E-state index contributed by atoms with van der Waals surface area (Å²) in [5.74, 6) is 0.529. The van der Waals surface area contributed by atoms with Gasteiger partial charge in [0.05, 0.1) is 37.4 Å². The molecule has 1 N–H and O–H groups in total. The first kappa shape index (κ1) is 23.2. The van der Waals surface area contributed by atoms with Gasteiger partial charge in [0.25, 0.3) is 5.91 Å². The fourth-order valence-corrected chi connectivity index (χ4v) is 4.55. The van der Waals surface area contributed by atoms with Crippen LogP contribution in [0.15, 0.2) is 30.5 Å². The fraction of sp³-hybridized carbons (Fsp3) is 0.375. The van der Waals surface area contributed by atoms with Gasteiger partial charge in [-0.1, -0.05) is 0 Å². The summed E-state index contributed by atoms with van der Waals surface area (Å²) in [4.78, 5) is 23.4. The molecule has 0 aliphatic carbocycles. The van der Waals surface area contributed by atoms with E-state index in [1.165, 1.54) is 11.7 Å². The largest absolute Gasteiger partial charge is 0.495 e. The summed E-state index contributed by atoms with van der Waals surface area (Å²) in [5.41, 5.74) is 2.55. The van der Waals surface area contributed by atoms with Gasteiger partial charge in [0.1, 0.15) is 11.4 Å². The molecule has 11 heteroatoms. The van der Waals surface area contributed by atoms with Crippen LogP contribution in [-0.4, -0.2) is 58.8 Å². The van der Waals surface area contributed by atoms with E-state index in [4.69, 9.17) is 9.47 Å². The van der Waals surface area contributed by atoms with Crippen LogP contribution in [0.25, 0.3) is 11.4 Å². The minimum atomic E-state index is -4.44. The number of methoxy groups -OCH3 is 1. The van der Waals surface area contributed by atoms with Crippen molar-refractivity contribution >= 4 is 17.5 Å². The Labute approximate surface area is 199 Å². The van der Waals surface area contributed by atoms with Crippen molar-refractivity contribution in [2.45, 2.75) is 26.1 Å². The molecule has 35 heavy (non-hydrogen) atoms. The number of benzene rings is 1. The van der Waals surface area contributed by atoms with Gasteiger partial charge in [-0.25, -0.2) is 9.97 Å². The summed E-state index contributed by atoms with van der Waals surface area (Å²) in [6, 6.07) is 6.19. The van der Waals surface area contributed by atoms with E-state index in [0.717, 1.165) is 11.6 Å². The predicted octanol–water partition coefficient (Wildman–Crippen LogP) is 4.05. The van der Waals surface area contributed by atoms with Crippen LogP contribution in [0.4, 0.5) is 24.8 Å². The van der Waals surface area contributed by atoms with E-state index in [-0.39, 0.29) is 18.4 Å². The van der Waals surface area contributed by atoms with E-state index >= 15 is 0 Å². The van der Waals surface area contributed by atoms with E-state index in [1.807, 2.05) is 0 Å². The van der Waals surface area contributed by atoms with Gasteiger partial charge in [0.2, 0.25) is 5.95 Å². The van der Waals surface area contributed by atoms with Gasteiger partial charge in [0.15, 0.2) is 0 Å². The number of halogens is 3. The Kier molecular flexibility index (Phi) is 5.87. The maximum atomic E-state index is 13.5. The Morgan fingerprint density at radius 3 is 2.66 bits per heavy atom. The van der Waals surface area contributed by atoms with E-state index in [1.54, 1.807) is 36.2 Å². The quantitative estimate of drug-likeness (QED) is 0.598. The summed E-state index contributed by atoms with van der Waals surface area (Å²) in [5, 5.41) is 3.08. The van der Waals surface area contributed by atoms with Gasteiger partial charge in [-0.05, 0) is 43.2 Å². The first-order chi connectivity index (χ1) is 16.8. The average Bonchev–Trinajstić information content (AvgIpc) is 3.22. The number of morpholine rings is 1. The Morgan fingerprint density at radius 2 is 1.94 bits per heavy atom. The highest BCUT2D eigenvalue weighted by Gasteiger charge is 2.38. The molecule has 8 nitrogen and oxygen atoms in total. The number of ether oxygens (including phenoxy) is 2. The highest BCUT2D eigenvalue weighted by atomic mass is 19.4. The van der Waals surface area contributed by atoms with Gasteiger partial charge in [-0.15, -0.1) is 0 Å². The zero-order valence-electron chi connectivity index (χ0n) is 19.3. The molecule has 1 saturated heterocycles. The molecule has 5 rings (SSSR count). The third-order valence-electron chi connectivity index (χ3n) is 6.26. The van der Waals surface area contributed by atoms with Crippen molar-refractivity contribution in [3.05, 3.63) is 52.8 Å². The number of anilines is 2. The number of amides is 1. The van der Waals surface area contributed by atoms with E-state index < -0.39 is 11.9 Å². The maximum Gasteiger partial charge on any atom is 0.431 e. The highest BCUT2D eigenvalue weighted by molar-refractivity contribution is 5.95. The van der Waals surface area contributed by atoms with Gasteiger partial charge < -0.3 is 24.3 Å². The van der Waals surface area contributed by atoms with Crippen LogP contribution >= 0.6 is 0 Å². The lowest BCUT2D eigenvalue weighted by Gasteiger charge is -2.27. The molecule has 184 valence electrons. The number of carbonyl (C=O) groups excluding carboxylic acids is 1. The lowest BCUT2D eigenvalue weighted by molar-refractivity contribution is -0.143. The standard InChI is InChI=1S/C24H24F3N5O3/c1-14-11-19(24(25,26)27)32-6-5-16-13-28-23(30-20(16)21(14)32)29-17-4-3-15(12-18(17)34-2)22(33)31-7-9-35-10-8-31/h3-4,11-13H,5-10H2,1-2H3,(H,28,29,30). The number of aryl methyl sites for hydroxylation is 2. The number of hydrogen-bond acceptors (Lipinski definition) is 6. The summed E-state index contributed by atoms with van der Waals surface area (Å²) < 4.78 is 52.6. The van der Waals surface area contributed by atoms with Crippen molar-refractivity contribution in [3.63, 3.8) is 0 Å². The molecular weight excluding hydrogens is 463 g/mol. The van der Waals surface area contributed by atoms with Crippen LogP contribution < -0.4 is 10.1 Å². The van der Waals surface area contributed by atoms with Crippen LogP contribution in [0.5, 0.6) is 5.75 Å². The van der Waals surface area contributed by atoms with Crippen molar-refractivity contribution in [2.24, 2.45) is 0 Å². The summed E-state index contributed by atoms with van der Waals surface area (Å²) >= 11 is 0. The molecule has 2 aliphatic rings. The van der Waals surface area contributed by atoms with Crippen LogP contribution in [-0.2, 0) is 23.9 Å². The molecule has 2 aromatic heterocycles. The van der Waals surface area contributed by atoms with E-state index in [9.17, 15) is 18.0 Å². The molecule has 0 atom stereocenters. The molecule has 1 amide bonds. The number of nitrogens with one attached hydrogen (secondary N) is 1. The predicted molar refractivity (Wildman–Crippen MR) is 122 cm³/mol. The third-order valence-corrected chi connectivity index (χ3v) is 6.26. The molecule has 0 saturated carbocycles. The number of hydrogen-bond donors (Lipinski definition) is 1. The molecule has 0 bridgehead atoms. The zero-order valence-corrected chi connectivity index (χ0v) is 19.3. The van der Waals surface area contributed by atoms with Crippen molar-refractivity contribution in [3.8, 4) is 17.1 Å². The number of nitrogens with zero attached hydrogens (tertiary/aromatic N) is 4. The number of alkyl halides is 3.